The lowest BCUT2D eigenvalue weighted by Crippen LogP contribution is -1.94. The molecule has 0 atom stereocenters. The average molecular weight is 491 g/mol. The summed E-state index contributed by atoms with van der Waals surface area (Å²) < 4.78 is 12.0. The van der Waals surface area contributed by atoms with Gasteiger partial charge in [-0.3, -0.25) is 4.98 Å². The first-order valence-electron chi connectivity index (χ1n) is 9.32. The minimum Gasteiger partial charge on any atom is -0.497 e. The highest BCUT2D eigenvalue weighted by Gasteiger charge is 2.18. The summed E-state index contributed by atoms with van der Waals surface area (Å²) in [4.78, 5) is 4.86. The zero-order chi connectivity index (χ0) is 20.0. The van der Waals surface area contributed by atoms with Crippen LogP contribution in [-0.4, -0.2) is 19.2 Å². The highest BCUT2D eigenvalue weighted by atomic mass is 127. The Kier molecular flexibility index (Phi) is 4.51. The maximum absolute atomic E-state index is 5.55. The SMILES string of the molecule is COc1ccc(-c2c(I)c3ncc4ccccc4c3c3ccc(OC)cc23)cc1. The quantitative estimate of drug-likeness (QED) is 0.205. The number of halogens is 1. The van der Waals surface area contributed by atoms with Crippen LogP contribution < -0.4 is 9.47 Å². The van der Waals surface area contributed by atoms with Crippen LogP contribution >= 0.6 is 22.6 Å². The number of aromatic nitrogens is 1. The molecule has 0 radical (unpaired) electrons. The van der Waals surface area contributed by atoms with E-state index in [1.54, 1.807) is 14.2 Å². The monoisotopic (exact) mass is 491 g/mol. The molecule has 5 aromatic rings. The number of benzene rings is 4. The summed E-state index contributed by atoms with van der Waals surface area (Å²) in [5.74, 6) is 1.69. The van der Waals surface area contributed by atoms with E-state index in [0.29, 0.717) is 0 Å². The fourth-order valence-corrected chi connectivity index (χ4v) is 4.97. The molecule has 0 amide bonds. The Morgan fingerprint density at radius 1 is 0.759 bits per heavy atom. The Morgan fingerprint density at radius 3 is 2.24 bits per heavy atom. The molecule has 0 spiro atoms. The number of fused-ring (bicyclic) bond motifs is 5. The van der Waals surface area contributed by atoms with Gasteiger partial charge < -0.3 is 9.47 Å². The van der Waals surface area contributed by atoms with Gasteiger partial charge in [0.25, 0.3) is 0 Å². The Bertz CT molecular complexity index is 1380. The predicted molar refractivity (Wildman–Crippen MR) is 128 cm³/mol. The van der Waals surface area contributed by atoms with Crippen LogP contribution in [0.1, 0.15) is 0 Å². The maximum atomic E-state index is 5.55. The third-order valence-electron chi connectivity index (χ3n) is 5.37. The lowest BCUT2D eigenvalue weighted by Gasteiger charge is -2.16. The van der Waals surface area contributed by atoms with E-state index < -0.39 is 0 Å². The van der Waals surface area contributed by atoms with Gasteiger partial charge in [0.15, 0.2) is 0 Å². The predicted octanol–water partition coefficient (Wildman–Crippen LogP) is 6.83. The van der Waals surface area contributed by atoms with Crippen molar-refractivity contribution in [3.8, 4) is 22.6 Å². The van der Waals surface area contributed by atoms with Crippen LogP contribution in [-0.2, 0) is 0 Å². The molecular formula is C25H18INO2. The molecule has 4 heteroatoms. The van der Waals surface area contributed by atoms with E-state index in [1.165, 1.54) is 16.2 Å². The Morgan fingerprint density at radius 2 is 1.48 bits per heavy atom. The molecule has 0 saturated carbocycles. The molecule has 0 bridgehead atoms. The normalized spacial score (nSPS) is 11.3. The van der Waals surface area contributed by atoms with Crippen LogP contribution in [0, 0.1) is 3.57 Å². The smallest absolute Gasteiger partial charge is 0.119 e. The van der Waals surface area contributed by atoms with Crippen molar-refractivity contribution in [1.82, 2.24) is 4.98 Å². The van der Waals surface area contributed by atoms with Crippen LogP contribution in [0.25, 0.3) is 43.6 Å². The van der Waals surface area contributed by atoms with Crippen molar-refractivity contribution < 1.29 is 9.47 Å². The molecule has 3 nitrogen and oxygen atoms in total. The second-order valence-electron chi connectivity index (χ2n) is 6.90. The van der Waals surface area contributed by atoms with Gasteiger partial charge in [-0.1, -0.05) is 36.4 Å². The second-order valence-corrected chi connectivity index (χ2v) is 7.98. The van der Waals surface area contributed by atoms with Crippen molar-refractivity contribution in [2.45, 2.75) is 0 Å². The molecule has 0 N–H and O–H groups in total. The first-order valence-corrected chi connectivity index (χ1v) is 10.4. The highest BCUT2D eigenvalue weighted by Crippen LogP contribution is 2.42. The van der Waals surface area contributed by atoms with Crippen LogP contribution in [0.5, 0.6) is 11.5 Å². The van der Waals surface area contributed by atoms with Crippen LogP contribution in [0.3, 0.4) is 0 Å². The number of rotatable bonds is 3. The molecule has 0 unspecified atom stereocenters. The number of pyridine rings is 1. The van der Waals surface area contributed by atoms with Gasteiger partial charge in [0.1, 0.15) is 11.5 Å². The molecule has 0 aliphatic rings. The third kappa shape index (κ3) is 2.90. The van der Waals surface area contributed by atoms with Gasteiger partial charge >= 0.3 is 0 Å². The average Bonchev–Trinajstić information content (AvgIpc) is 2.78. The van der Waals surface area contributed by atoms with Gasteiger partial charge in [0.05, 0.1) is 19.7 Å². The molecule has 0 aliphatic heterocycles. The first kappa shape index (κ1) is 18.2. The fourth-order valence-electron chi connectivity index (χ4n) is 3.95. The first-order chi connectivity index (χ1) is 14.2. The Balaban J connectivity index is 1.97. The van der Waals surface area contributed by atoms with E-state index >= 15 is 0 Å². The fraction of sp³-hybridized carbons (Fsp3) is 0.0800. The molecule has 0 saturated heterocycles. The van der Waals surface area contributed by atoms with E-state index in [2.05, 4.69) is 71.1 Å². The number of methoxy groups -OCH3 is 2. The van der Waals surface area contributed by atoms with Gasteiger partial charge in [-0.15, -0.1) is 0 Å². The highest BCUT2D eigenvalue weighted by molar-refractivity contribution is 14.1. The molecule has 1 heterocycles. The lowest BCUT2D eigenvalue weighted by atomic mass is 9.93. The molecular weight excluding hydrogens is 473 g/mol. The van der Waals surface area contributed by atoms with E-state index in [-0.39, 0.29) is 0 Å². The largest absolute Gasteiger partial charge is 0.497 e. The molecule has 0 fully saturated rings. The van der Waals surface area contributed by atoms with Gasteiger partial charge in [-0.25, -0.2) is 0 Å². The second kappa shape index (κ2) is 7.19. The molecule has 0 aliphatic carbocycles. The zero-order valence-electron chi connectivity index (χ0n) is 16.1. The summed E-state index contributed by atoms with van der Waals surface area (Å²) in [6, 6.07) is 22.9. The number of ether oxygens (including phenoxy) is 2. The van der Waals surface area contributed by atoms with E-state index in [9.17, 15) is 0 Å². The zero-order valence-corrected chi connectivity index (χ0v) is 18.2. The number of hydrogen-bond donors (Lipinski definition) is 0. The minimum atomic E-state index is 0.843. The van der Waals surface area contributed by atoms with E-state index in [1.807, 2.05) is 24.4 Å². The van der Waals surface area contributed by atoms with Gasteiger partial charge in [0.2, 0.25) is 0 Å². The van der Waals surface area contributed by atoms with Gasteiger partial charge in [0, 0.05) is 26.1 Å². The van der Waals surface area contributed by atoms with Crippen molar-refractivity contribution in [3.05, 3.63) is 76.5 Å². The summed E-state index contributed by atoms with van der Waals surface area (Å²) >= 11 is 2.43. The molecule has 4 aromatic carbocycles. The lowest BCUT2D eigenvalue weighted by molar-refractivity contribution is 0.415. The van der Waals surface area contributed by atoms with Gasteiger partial charge in [-0.05, 0) is 74.6 Å². The van der Waals surface area contributed by atoms with Gasteiger partial charge in [-0.2, -0.15) is 0 Å². The Labute approximate surface area is 182 Å². The molecule has 142 valence electrons. The summed E-state index contributed by atoms with van der Waals surface area (Å²) in [7, 11) is 3.39. The van der Waals surface area contributed by atoms with Crippen molar-refractivity contribution in [1.29, 1.82) is 0 Å². The van der Waals surface area contributed by atoms with E-state index in [4.69, 9.17) is 14.5 Å². The summed E-state index contributed by atoms with van der Waals surface area (Å²) in [5, 5.41) is 5.88. The summed E-state index contributed by atoms with van der Waals surface area (Å²) in [6.07, 6.45) is 1.97. The van der Waals surface area contributed by atoms with Crippen LogP contribution in [0.15, 0.2) is 72.9 Å². The van der Waals surface area contributed by atoms with Crippen LogP contribution in [0.4, 0.5) is 0 Å². The summed E-state index contributed by atoms with van der Waals surface area (Å²) in [6.45, 7) is 0. The number of hydrogen-bond acceptors (Lipinski definition) is 3. The van der Waals surface area contributed by atoms with Crippen molar-refractivity contribution in [2.24, 2.45) is 0 Å². The topological polar surface area (TPSA) is 31.4 Å². The van der Waals surface area contributed by atoms with Crippen molar-refractivity contribution in [2.75, 3.05) is 14.2 Å². The molecule has 5 rings (SSSR count). The third-order valence-corrected chi connectivity index (χ3v) is 6.42. The Hall–Kier alpha value is -2.86. The molecule has 29 heavy (non-hydrogen) atoms. The number of nitrogens with zero attached hydrogens (tertiary/aromatic N) is 1. The minimum absolute atomic E-state index is 0.843. The van der Waals surface area contributed by atoms with Crippen molar-refractivity contribution >= 4 is 55.0 Å². The maximum Gasteiger partial charge on any atom is 0.119 e. The van der Waals surface area contributed by atoms with E-state index in [0.717, 1.165) is 42.5 Å². The standard InChI is InChI=1S/C25H18INO2/c1-28-17-9-7-15(8-10-17)22-21-13-18(29-2)11-12-20(21)23-19-6-4-3-5-16(19)14-27-25(23)24(22)26/h3-14H,1-2H3. The summed E-state index contributed by atoms with van der Waals surface area (Å²) in [5.41, 5.74) is 3.32. The van der Waals surface area contributed by atoms with Crippen molar-refractivity contribution in [3.63, 3.8) is 0 Å². The van der Waals surface area contributed by atoms with Crippen LogP contribution in [0.2, 0.25) is 0 Å². The molecule has 1 aromatic heterocycles.